The van der Waals surface area contributed by atoms with Crippen LogP contribution < -0.4 is 5.32 Å². The van der Waals surface area contributed by atoms with Crippen LogP contribution in [0.1, 0.15) is 36.9 Å². The summed E-state index contributed by atoms with van der Waals surface area (Å²) in [5, 5.41) is 12.6. The average Bonchev–Trinajstić information content (AvgIpc) is 3.47. The lowest BCUT2D eigenvalue weighted by Crippen LogP contribution is -2.42. The van der Waals surface area contributed by atoms with Crippen LogP contribution in [0.15, 0.2) is 12.3 Å². The van der Waals surface area contributed by atoms with Crippen molar-refractivity contribution in [1.82, 2.24) is 9.88 Å². The van der Waals surface area contributed by atoms with Crippen molar-refractivity contribution < 1.29 is 9.53 Å². The van der Waals surface area contributed by atoms with Crippen LogP contribution >= 0.6 is 0 Å². The molecule has 1 aliphatic carbocycles. The summed E-state index contributed by atoms with van der Waals surface area (Å²) in [6.07, 6.45) is 5.63. The van der Waals surface area contributed by atoms with E-state index >= 15 is 0 Å². The van der Waals surface area contributed by atoms with Crippen molar-refractivity contribution in [3.8, 4) is 6.07 Å². The number of aryl methyl sites for hydroxylation is 1. The molecule has 6 nitrogen and oxygen atoms in total. The van der Waals surface area contributed by atoms with Crippen LogP contribution in [0.2, 0.25) is 0 Å². The van der Waals surface area contributed by atoms with E-state index in [0.29, 0.717) is 24.1 Å². The van der Waals surface area contributed by atoms with Crippen LogP contribution in [-0.2, 0) is 9.53 Å². The van der Waals surface area contributed by atoms with E-state index in [1.807, 2.05) is 24.9 Å². The quantitative estimate of drug-likeness (QED) is 0.858. The third kappa shape index (κ3) is 4.29. The fourth-order valence-electron chi connectivity index (χ4n) is 3.49. The first-order valence-corrected chi connectivity index (χ1v) is 9.05. The Balaban J connectivity index is 1.74. The number of carbonyl (C=O) groups is 1. The molecule has 1 aromatic rings. The minimum Gasteiger partial charge on any atom is -0.383 e. The number of rotatable bonds is 6. The van der Waals surface area contributed by atoms with Crippen molar-refractivity contribution in [2.24, 2.45) is 11.8 Å². The fraction of sp³-hybridized carbons (Fsp3) is 0.632. The van der Waals surface area contributed by atoms with Crippen LogP contribution in [0.25, 0.3) is 0 Å². The molecule has 1 atom stereocenters. The molecule has 0 radical (unpaired) electrons. The van der Waals surface area contributed by atoms with E-state index in [2.05, 4.69) is 16.4 Å². The minimum absolute atomic E-state index is 0.0884. The first-order chi connectivity index (χ1) is 12.1. The molecule has 0 spiro atoms. The molecule has 1 unspecified atom stereocenters. The lowest BCUT2D eigenvalue weighted by atomic mass is 9.84. The monoisotopic (exact) mass is 342 g/mol. The van der Waals surface area contributed by atoms with Gasteiger partial charge in [0.15, 0.2) is 0 Å². The summed E-state index contributed by atoms with van der Waals surface area (Å²) in [6.45, 7) is 3.88. The number of nitriles is 1. The van der Waals surface area contributed by atoms with Gasteiger partial charge in [0.2, 0.25) is 5.91 Å². The first-order valence-electron chi connectivity index (χ1n) is 9.05. The molecule has 134 valence electrons. The highest BCUT2D eigenvalue weighted by Crippen LogP contribution is 2.31. The van der Waals surface area contributed by atoms with Crippen molar-refractivity contribution >= 4 is 11.6 Å². The van der Waals surface area contributed by atoms with Gasteiger partial charge in [0.1, 0.15) is 6.07 Å². The summed E-state index contributed by atoms with van der Waals surface area (Å²) in [7, 11) is 1.92. The van der Waals surface area contributed by atoms with E-state index in [1.165, 1.54) is 0 Å². The van der Waals surface area contributed by atoms with Gasteiger partial charge in [-0.3, -0.25) is 9.78 Å². The first kappa shape index (κ1) is 17.7. The molecular weight excluding hydrogens is 316 g/mol. The second-order valence-electron chi connectivity index (χ2n) is 7.10. The minimum atomic E-state index is -0.0884. The van der Waals surface area contributed by atoms with Crippen LogP contribution in [-0.4, -0.2) is 48.6 Å². The molecule has 1 saturated carbocycles. The maximum Gasteiger partial charge on any atom is 0.227 e. The molecular formula is C19H26N4O2. The Labute approximate surface area is 149 Å². The Morgan fingerprint density at radius 1 is 1.44 bits per heavy atom. The fourth-order valence-corrected chi connectivity index (χ4v) is 3.49. The summed E-state index contributed by atoms with van der Waals surface area (Å²) in [4.78, 5) is 19.1. The van der Waals surface area contributed by atoms with Gasteiger partial charge in [0.25, 0.3) is 0 Å². The van der Waals surface area contributed by atoms with E-state index in [-0.39, 0.29) is 11.8 Å². The van der Waals surface area contributed by atoms with E-state index < -0.39 is 0 Å². The number of hydrogen-bond acceptors (Lipinski definition) is 5. The van der Waals surface area contributed by atoms with Crippen molar-refractivity contribution in [2.75, 3.05) is 32.1 Å². The number of pyridine rings is 1. The highest BCUT2D eigenvalue weighted by Gasteiger charge is 2.37. The van der Waals surface area contributed by atoms with E-state index in [1.54, 1.807) is 6.20 Å². The van der Waals surface area contributed by atoms with Crippen LogP contribution in [0.4, 0.5) is 5.69 Å². The molecule has 0 bridgehead atoms. The zero-order valence-corrected chi connectivity index (χ0v) is 15.0. The van der Waals surface area contributed by atoms with E-state index in [4.69, 9.17) is 4.74 Å². The Kier molecular flexibility index (Phi) is 5.54. The summed E-state index contributed by atoms with van der Waals surface area (Å²) >= 11 is 0. The largest absolute Gasteiger partial charge is 0.383 e. The highest BCUT2D eigenvalue weighted by molar-refractivity contribution is 5.80. The molecule has 2 fully saturated rings. The van der Waals surface area contributed by atoms with Crippen molar-refractivity contribution in [3.63, 3.8) is 0 Å². The maximum atomic E-state index is 13.0. The smallest absolute Gasteiger partial charge is 0.227 e. The molecule has 2 heterocycles. The third-order valence-electron chi connectivity index (χ3n) is 5.27. The normalized spacial score (nSPS) is 19.1. The Morgan fingerprint density at radius 2 is 2.16 bits per heavy atom. The number of ether oxygens (including phenoxy) is 1. The number of carbonyl (C=O) groups excluding carboxylic acids is 1. The SMILES string of the molecule is Cc1cc(NCC(C(=O)N(C)C2CC2)C2CCOCC2)c(C#N)cn1. The average molecular weight is 342 g/mol. The van der Waals surface area contributed by atoms with Crippen molar-refractivity contribution in [2.45, 2.75) is 38.6 Å². The standard InChI is InChI=1S/C19H26N4O2/c1-13-9-18(15(10-20)11-21-13)22-12-17(14-5-7-25-8-6-14)19(24)23(2)16-3-4-16/h9,11,14,16-17H,3-8,12H2,1-2H3,(H,21,22). The number of nitrogens with zero attached hydrogens (tertiary/aromatic N) is 3. The van der Waals surface area contributed by atoms with Crippen LogP contribution in [0, 0.1) is 30.1 Å². The second-order valence-corrected chi connectivity index (χ2v) is 7.10. The van der Waals surface area contributed by atoms with E-state index in [0.717, 1.165) is 50.3 Å². The van der Waals surface area contributed by atoms with Gasteiger partial charge >= 0.3 is 0 Å². The van der Waals surface area contributed by atoms with Gasteiger partial charge in [-0.25, -0.2) is 0 Å². The summed E-state index contributed by atoms with van der Waals surface area (Å²) in [6, 6.07) is 4.45. The Morgan fingerprint density at radius 3 is 2.80 bits per heavy atom. The topological polar surface area (TPSA) is 78.3 Å². The molecule has 1 N–H and O–H groups in total. The molecule has 1 amide bonds. The maximum absolute atomic E-state index is 13.0. The van der Waals surface area contributed by atoms with Crippen molar-refractivity contribution in [3.05, 3.63) is 23.5 Å². The number of aromatic nitrogens is 1. The van der Waals surface area contributed by atoms with Gasteiger partial charge < -0.3 is 15.0 Å². The van der Waals surface area contributed by atoms with Gasteiger partial charge in [0.05, 0.1) is 17.2 Å². The number of nitrogens with one attached hydrogen (secondary N) is 1. The van der Waals surface area contributed by atoms with Gasteiger partial charge in [0, 0.05) is 44.7 Å². The predicted octanol–water partition coefficient (Wildman–Crippen LogP) is 2.34. The second kappa shape index (κ2) is 7.83. The van der Waals surface area contributed by atoms with Crippen LogP contribution in [0.3, 0.4) is 0 Å². The Bertz CT molecular complexity index is 660. The van der Waals surface area contributed by atoms with E-state index in [9.17, 15) is 10.1 Å². The lowest BCUT2D eigenvalue weighted by Gasteiger charge is -2.32. The zero-order chi connectivity index (χ0) is 17.8. The Hall–Kier alpha value is -2.13. The number of amides is 1. The third-order valence-corrected chi connectivity index (χ3v) is 5.27. The molecule has 1 aliphatic heterocycles. The molecule has 1 saturated heterocycles. The molecule has 25 heavy (non-hydrogen) atoms. The molecule has 1 aromatic heterocycles. The van der Waals surface area contributed by atoms with Gasteiger partial charge in [-0.1, -0.05) is 0 Å². The summed E-state index contributed by atoms with van der Waals surface area (Å²) in [5.41, 5.74) is 2.12. The summed E-state index contributed by atoms with van der Waals surface area (Å²) < 4.78 is 5.47. The van der Waals surface area contributed by atoms with Crippen LogP contribution in [0.5, 0.6) is 0 Å². The lowest BCUT2D eigenvalue weighted by molar-refractivity contribution is -0.137. The molecule has 6 heteroatoms. The van der Waals surface area contributed by atoms with Crippen molar-refractivity contribution in [1.29, 1.82) is 5.26 Å². The molecule has 3 rings (SSSR count). The number of anilines is 1. The molecule has 2 aliphatic rings. The molecule has 0 aromatic carbocycles. The predicted molar refractivity (Wildman–Crippen MR) is 95.0 cm³/mol. The zero-order valence-electron chi connectivity index (χ0n) is 15.0. The van der Waals surface area contributed by atoms with Gasteiger partial charge in [-0.15, -0.1) is 0 Å². The number of hydrogen-bond donors (Lipinski definition) is 1. The van der Waals surface area contributed by atoms with Gasteiger partial charge in [-0.05, 0) is 44.6 Å². The summed E-state index contributed by atoms with van der Waals surface area (Å²) in [5.74, 6) is 0.448. The van der Waals surface area contributed by atoms with Gasteiger partial charge in [-0.2, -0.15) is 5.26 Å². The highest BCUT2D eigenvalue weighted by atomic mass is 16.5.